The summed E-state index contributed by atoms with van der Waals surface area (Å²) in [6.45, 7) is 0. The average molecular weight is 447 g/mol. The van der Waals surface area contributed by atoms with Crippen LogP contribution >= 0.6 is 0 Å². The third-order valence-corrected chi connectivity index (χ3v) is 5.51. The summed E-state index contributed by atoms with van der Waals surface area (Å²) in [6.07, 6.45) is 0. The molecular formula is C23H17N3O5S. The normalized spacial score (nSPS) is 11.7. The Hall–Kier alpha value is -4.08. The predicted molar refractivity (Wildman–Crippen MR) is 120 cm³/mol. The molecule has 0 aliphatic carbocycles. The minimum Gasteiger partial charge on any atom is -0.505 e. The van der Waals surface area contributed by atoms with Gasteiger partial charge in [-0.2, -0.15) is 13.5 Å². The lowest BCUT2D eigenvalue weighted by Gasteiger charge is -2.11. The van der Waals surface area contributed by atoms with Crippen LogP contribution < -0.4 is 5.32 Å². The Balaban J connectivity index is 1.79. The molecule has 0 aliphatic heterocycles. The quantitative estimate of drug-likeness (QED) is 0.276. The van der Waals surface area contributed by atoms with Gasteiger partial charge in [0.2, 0.25) is 0 Å². The largest absolute Gasteiger partial charge is 0.505 e. The first kappa shape index (κ1) is 21.2. The molecule has 4 aromatic rings. The van der Waals surface area contributed by atoms with E-state index in [1.54, 1.807) is 66.7 Å². The van der Waals surface area contributed by atoms with Gasteiger partial charge in [-0.25, -0.2) is 0 Å². The van der Waals surface area contributed by atoms with Crippen LogP contribution in [0.5, 0.6) is 5.75 Å². The molecule has 0 fully saturated rings. The lowest BCUT2D eigenvalue weighted by atomic mass is 10.1. The number of hydrogen-bond acceptors (Lipinski definition) is 6. The first-order valence-corrected chi connectivity index (χ1v) is 10.9. The summed E-state index contributed by atoms with van der Waals surface area (Å²) >= 11 is 0. The topological polar surface area (TPSA) is 128 Å². The molecule has 0 radical (unpaired) electrons. The van der Waals surface area contributed by atoms with Crippen LogP contribution in [0.2, 0.25) is 0 Å². The fourth-order valence-corrected chi connectivity index (χ4v) is 3.77. The molecular weight excluding hydrogens is 430 g/mol. The molecule has 9 heteroatoms. The van der Waals surface area contributed by atoms with E-state index < -0.39 is 26.5 Å². The van der Waals surface area contributed by atoms with E-state index in [1.807, 2.05) is 0 Å². The molecule has 32 heavy (non-hydrogen) atoms. The van der Waals surface area contributed by atoms with Gasteiger partial charge in [0, 0.05) is 16.6 Å². The summed E-state index contributed by atoms with van der Waals surface area (Å²) in [5, 5.41) is 21.9. The zero-order valence-electron chi connectivity index (χ0n) is 16.5. The van der Waals surface area contributed by atoms with Gasteiger partial charge in [0.25, 0.3) is 16.0 Å². The fraction of sp³-hybridized carbons (Fsp3) is 0. The Labute approximate surface area is 183 Å². The van der Waals surface area contributed by atoms with E-state index >= 15 is 0 Å². The maximum atomic E-state index is 12.4. The van der Waals surface area contributed by atoms with Crippen LogP contribution in [0.15, 0.2) is 100 Å². The molecule has 4 aromatic carbocycles. The monoisotopic (exact) mass is 447 g/mol. The van der Waals surface area contributed by atoms with Crippen molar-refractivity contribution in [3.8, 4) is 5.75 Å². The minimum absolute atomic E-state index is 0.227. The molecule has 0 bridgehead atoms. The van der Waals surface area contributed by atoms with E-state index in [0.29, 0.717) is 22.3 Å². The number of aromatic hydroxyl groups is 1. The molecule has 3 N–H and O–H groups in total. The number of carbonyl (C=O) groups excluding carboxylic acids is 1. The average Bonchev–Trinajstić information content (AvgIpc) is 2.79. The van der Waals surface area contributed by atoms with Gasteiger partial charge in [-0.15, -0.1) is 5.11 Å². The minimum atomic E-state index is -4.70. The Kier molecular flexibility index (Phi) is 5.67. The van der Waals surface area contributed by atoms with Gasteiger partial charge < -0.3 is 10.4 Å². The van der Waals surface area contributed by atoms with Crippen molar-refractivity contribution in [2.24, 2.45) is 10.2 Å². The van der Waals surface area contributed by atoms with Gasteiger partial charge in [-0.1, -0.05) is 42.5 Å². The SMILES string of the molecule is O=C(Nc1ccc2cc(S(=O)(=O)O)c(N=Nc3ccccc3)c(O)c2c1)c1ccccc1. The van der Waals surface area contributed by atoms with Crippen molar-refractivity contribution >= 4 is 43.9 Å². The Morgan fingerprint density at radius 2 is 1.50 bits per heavy atom. The molecule has 0 aliphatic rings. The van der Waals surface area contributed by atoms with Crippen molar-refractivity contribution < 1.29 is 22.9 Å². The second-order valence-corrected chi connectivity index (χ2v) is 8.23. The van der Waals surface area contributed by atoms with Crippen molar-refractivity contribution in [2.75, 3.05) is 5.32 Å². The third kappa shape index (κ3) is 4.48. The molecule has 4 rings (SSSR count). The van der Waals surface area contributed by atoms with Crippen LogP contribution in [0.25, 0.3) is 10.8 Å². The lowest BCUT2D eigenvalue weighted by molar-refractivity contribution is 0.102. The molecule has 0 saturated heterocycles. The van der Waals surface area contributed by atoms with Gasteiger partial charge in [0.15, 0.2) is 5.75 Å². The third-order valence-electron chi connectivity index (χ3n) is 4.65. The number of fused-ring (bicyclic) bond motifs is 1. The summed E-state index contributed by atoms with van der Waals surface area (Å²) < 4.78 is 33.5. The first-order valence-electron chi connectivity index (χ1n) is 9.43. The number of rotatable bonds is 5. The number of nitrogens with one attached hydrogen (secondary N) is 1. The standard InChI is InChI=1S/C23H17N3O5S/c27-22-19-14-18(24-23(28)15-7-3-1-4-8-15)12-11-16(19)13-20(32(29,30)31)21(22)26-25-17-9-5-2-6-10-17/h1-14,27H,(H,24,28)(H,29,30,31). The molecule has 0 atom stereocenters. The Morgan fingerprint density at radius 3 is 2.16 bits per heavy atom. The van der Waals surface area contributed by atoms with Crippen LogP contribution in [0.3, 0.4) is 0 Å². The van der Waals surface area contributed by atoms with Crippen molar-refractivity contribution in [1.29, 1.82) is 0 Å². The van der Waals surface area contributed by atoms with Crippen molar-refractivity contribution in [1.82, 2.24) is 0 Å². The second kappa shape index (κ2) is 8.58. The van der Waals surface area contributed by atoms with Crippen LogP contribution in [-0.2, 0) is 10.1 Å². The zero-order valence-corrected chi connectivity index (χ0v) is 17.3. The van der Waals surface area contributed by atoms with Gasteiger partial charge in [-0.05, 0) is 47.9 Å². The maximum absolute atomic E-state index is 12.4. The number of amides is 1. The number of phenolic OH excluding ortho intramolecular Hbond substituents is 1. The van der Waals surface area contributed by atoms with Crippen molar-refractivity contribution in [3.05, 3.63) is 90.5 Å². The van der Waals surface area contributed by atoms with Crippen LogP contribution in [0.4, 0.5) is 17.1 Å². The number of carbonyl (C=O) groups is 1. The molecule has 1 amide bonds. The predicted octanol–water partition coefficient (Wildman–Crippen LogP) is 5.46. The van der Waals surface area contributed by atoms with Crippen LogP contribution in [-0.4, -0.2) is 24.0 Å². The number of hydrogen-bond donors (Lipinski definition) is 3. The fourth-order valence-electron chi connectivity index (χ4n) is 3.11. The van der Waals surface area contributed by atoms with E-state index in [9.17, 15) is 22.9 Å². The highest BCUT2D eigenvalue weighted by Gasteiger charge is 2.22. The van der Waals surface area contributed by atoms with E-state index in [2.05, 4.69) is 15.5 Å². The molecule has 0 heterocycles. The number of phenols is 1. The van der Waals surface area contributed by atoms with Gasteiger partial charge in [-0.3, -0.25) is 9.35 Å². The van der Waals surface area contributed by atoms with E-state index in [1.165, 1.54) is 18.2 Å². The Morgan fingerprint density at radius 1 is 0.844 bits per heavy atom. The van der Waals surface area contributed by atoms with E-state index in [-0.39, 0.29) is 11.3 Å². The number of nitrogens with zero attached hydrogens (tertiary/aromatic N) is 2. The Bertz CT molecular complexity index is 1440. The molecule has 8 nitrogen and oxygen atoms in total. The molecule has 0 saturated carbocycles. The van der Waals surface area contributed by atoms with Crippen LogP contribution in [0.1, 0.15) is 10.4 Å². The van der Waals surface area contributed by atoms with Gasteiger partial charge in [0.1, 0.15) is 10.6 Å². The number of benzene rings is 4. The smallest absolute Gasteiger partial charge is 0.296 e. The summed E-state index contributed by atoms with van der Waals surface area (Å²) in [4.78, 5) is 11.8. The summed E-state index contributed by atoms with van der Waals surface area (Å²) in [6, 6.07) is 22.9. The first-order chi connectivity index (χ1) is 15.3. The van der Waals surface area contributed by atoms with Gasteiger partial charge >= 0.3 is 0 Å². The molecule has 0 aromatic heterocycles. The maximum Gasteiger partial charge on any atom is 0.296 e. The van der Waals surface area contributed by atoms with Crippen molar-refractivity contribution in [3.63, 3.8) is 0 Å². The molecule has 0 spiro atoms. The van der Waals surface area contributed by atoms with Crippen LogP contribution in [0, 0.1) is 0 Å². The number of anilines is 1. The van der Waals surface area contributed by atoms with Crippen molar-refractivity contribution in [2.45, 2.75) is 4.90 Å². The molecule has 0 unspecified atom stereocenters. The van der Waals surface area contributed by atoms with E-state index in [0.717, 1.165) is 0 Å². The summed E-state index contributed by atoms with van der Waals surface area (Å²) in [5.74, 6) is -0.839. The van der Waals surface area contributed by atoms with E-state index in [4.69, 9.17) is 0 Å². The second-order valence-electron chi connectivity index (χ2n) is 6.84. The highest BCUT2D eigenvalue weighted by atomic mass is 32.2. The highest BCUT2D eigenvalue weighted by Crippen LogP contribution is 2.42. The lowest BCUT2D eigenvalue weighted by Crippen LogP contribution is -2.11. The number of azo groups is 1. The summed E-state index contributed by atoms with van der Waals surface area (Å²) in [7, 11) is -4.70. The summed E-state index contributed by atoms with van der Waals surface area (Å²) in [5.41, 5.74) is 0.857. The zero-order chi connectivity index (χ0) is 22.7. The molecule has 160 valence electrons. The highest BCUT2D eigenvalue weighted by molar-refractivity contribution is 7.86. The van der Waals surface area contributed by atoms with Gasteiger partial charge in [0.05, 0.1) is 5.69 Å².